The third-order valence-electron chi connectivity index (χ3n) is 2.84. The van der Waals surface area contributed by atoms with Gasteiger partial charge < -0.3 is 5.32 Å². The Morgan fingerprint density at radius 2 is 2.29 bits per heavy atom. The van der Waals surface area contributed by atoms with Crippen LogP contribution in [0.4, 0.5) is 5.95 Å². The van der Waals surface area contributed by atoms with Crippen LogP contribution in [0.3, 0.4) is 0 Å². The standard InChI is InChI=1S/C11H17N3/c1-3-12-11-13-7-8(2)10(14-11)9-5-4-6-9/h7,9H,3-6H2,1-2H3,(H,12,13,14). The smallest absolute Gasteiger partial charge is 0.222 e. The van der Waals surface area contributed by atoms with Gasteiger partial charge in [0.1, 0.15) is 0 Å². The van der Waals surface area contributed by atoms with Gasteiger partial charge in [0.2, 0.25) is 5.95 Å². The van der Waals surface area contributed by atoms with E-state index in [9.17, 15) is 0 Å². The zero-order valence-corrected chi connectivity index (χ0v) is 8.88. The molecule has 14 heavy (non-hydrogen) atoms. The third kappa shape index (κ3) is 1.72. The van der Waals surface area contributed by atoms with E-state index < -0.39 is 0 Å². The lowest BCUT2D eigenvalue weighted by atomic mass is 9.81. The summed E-state index contributed by atoms with van der Waals surface area (Å²) in [5.41, 5.74) is 2.48. The maximum Gasteiger partial charge on any atom is 0.222 e. The van der Waals surface area contributed by atoms with Crippen LogP contribution in [-0.2, 0) is 0 Å². The van der Waals surface area contributed by atoms with E-state index in [4.69, 9.17) is 0 Å². The molecular weight excluding hydrogens is 174 g/mol. The van der Waals surface area contributed by atoms with Gasteiger partial charge in [0.05, 0.1) is 5.69 Å². The molecule has 2 rings (SSSR count). The Hall–Kier alpha value is -1.12. The molecule has 76 valence electrons. The molecule has 0 aliphatic heterocycles. The van der Waals surface area contributed by atoms with E-state index in [1.165, 1.54) is 30.5 Å². The van der Waals surface area contributed by atoms with E-state index >= 15 is 0 Å². The summed E-state index contributed by atoms with van der Waals surface area (Å²) in [5.74, 6) is 1.47. The van der Waals surface area contributed by atoms with Gasteiger partial charge in [0.25, 0.3) is 0 Å². The Bertz CT molecular complexity index is 318. The Morgan fingerprint density at radius 1 is 1.50 bits per heavy atom. The fourth-order valence-electron chi connectivity index (χ4n) is 1.79. The monoisotopic (exact) mass is 191 g/mol. The van der Waals surface area contributed by atoms with Crippen molar-refractivity contribution in [3.8, 4) is 0 Å². The van der Waals surface area contributed by atoms with E-state index in [1.54, 1.807) is 0 Å². The summed E-state index contributed by atoms with van der Waals surface area (Å²) in [5, 5.41) is 3.16. The minimum absolute atomic E-state index is 0.690. The van der Waals surface area contributed by atoms with Gasteiger partial charge in [0, 0.05) is 18.7 Å². The second-order valence-electron chi connectivity index (χ2n) is 3.92. The molecule has 1 aromatic heterocycles. The molecule has 0 spiro atoms. The normalized spacial score (nSPS) is 16.4. The fraction of sp³-hybridized carbons (Fsp3) is 0.636. The van der Waals surface area contributed by atoms with Crippen LogP contribution in [0, 0.1) is 6.92 Å². The molecule has 1 aromatic rings. The lowest BCUT2D eigenvalue weighted by molar-refractivity contribution is 0.409. The molecule has 0 unspecified atom stereocenters. The van der Waals surface area contributed by atoms with Crippen LogP contribution < -0.4 is 5.32 Å². The maximum atomic E-state index is 4.56. The first kappa shape index (κ1) is 9.44. The van der Waals surface area contributed by atoms with Crippen molar-refractivity contribution in [1.29, 1.82) is 0 Å². The van der Waals surface area contributed by atoms with Crippen molar-refractivity contribution in [2.45, 2.75) is 39.0 Å². The molecule has 1 aliphatic rings. The largest absolute Gasteiger partial charge is 0.354 e. The van der Waals surface area contributed by atoms with Gasteiger partial charge in [-0.25, -0.2) is 9.97 Å². The average Bonchev–Trinajstić information content (AvgIpc) is 2.08. The first-order valence-electron chi connectivity index (χ1n) is 5.38. The van der Waals surface area contributed by atoms with Gasteiger partial charge in [-0.2, -0.15) is 0 Å². The topological polar surface area (TPSA) is 37.8 Å². The van der Waals surface area contributed by atoms with Crippen LogP contribution in [0.2, 0.25) is 0 Å². The van der Waals surface area contributed by atoms with Crippen LogP contribution in [0.25, 0.3) is 0 Å². The lowest BCUT2D eigenvalue weighted by Crippen LogP contribution is -2.14. The Kier molecular flexibility index (Phi) is 2.66. The number of nitrogens with zero attached hydrogens (tertiary/aromatic N) is 2. The van der Waals surface area contributed by atoms with Crippen molar-refractivity contribution in [3.05, 3.63) is 17.5 Å². The fourth-order valence-corrected chi connectivity index (χ4v) is 1.79. The van der Waals surface area contributed by atoms with Crippen molar-refractivity contribution in [3.63, 3.8) is 0 Å². The summed E-state index contributed by atoms with van der Waals surface area (Å²) in [6.45, 7) is 5.04. The second kappa shape index (κ2) is 3.95. The number of hydrogen-bond donors (Lipinski definition) is 1. The molecule has 3 heteroatoms. The van der Waals surface area contributed by atoms with Gasteiger partial charge in [-0.15, -0.1) is 0 Å². The molecule has 0 aromatic carbocycles. The molecule has 0 amide bonds. The number of aromatic nitrogens is 2. The van der Waals surface area contributed by atoms with E-state index in [0.717, 1.165) is 12.5 Å². The van der Waals surface area contributed by atoms with Gasteiger partial charge in [-0.05, 0) is 32.3 Å². The summed E-state index contributed by atoms with van der Waals surface area (Å²) in [6, 6.07) is 0. The highest BCUT2D eigenvalue weighted by molar-refractivity contribution is 5.31. The van der Waals surface area contributed by atoms with Crippen LogP contribution in [0.15, 0.2) is 6.20 Å². The Labute approximate surface area is 85.0 Å². The number of hydrogen-bond acceptors (Lipinski definition) is 3. The quantitative estimate of drug-likeness (QED) is 0.797. The number of nitrogens with one attached hydrogen (secondary N) is 1. The number of anilines is 1. The molecular formula is C11H17N3. The minimum atomic E-state index is 0.690. The highest BCUT2D eigenvalue weighted by atomic mass is 15.1. The van der Waals surface area contributed by atoms with Gasteiger partial charge >= 0.3 is 0 Å². The molecule has 0 radical (unpaired) electrons. The van der Waals surface area contributed by atoms with Gasteiger partial charge in [-0.3, -0.25) is 0 Å². The first-order valence-corrected chi connectivity index (χ1v) is 5.38. The molecule has 0 bridgehead atoms. The predicted octanol–water partition coefficient (Wildman–Crippen LogP) is 2.48. The average molecular weight is 191 g/mol. The van der Waals surface area contributed by atoms with Crippen LogP contribution >= 0.6 is 0 Å². The van der Waals surface area contributed by atoms with E-state index in [2.05, 4.69) is 29.1 Å². The lowest BCUT2D eigenvalue weighted by Gasteiger charge is -2.26. The van der Waals surface area contributed by atoms with Crippen molar-refractivity contribution in [1.82, 2.24) is 9.97 Å². The van der Waals surface area contributed by atoms with Crippen molar-refractivity contribution >= 4 is 5.95 Å². The number of aryl methyl sites for hydroxylation is 1. The van der Waals surface area contributed by atoms with Gasteiger partial charge in [-0.1, -0.05) is 6.42 Å². The first-order chi connectivity index (χ1) is 6.81. The van der Waals surface area contributed by atoms with Crippen molar-refractivity contribution in [2.75, 3.05) is 11.9 Å². The van der Waals surface area contributed by atoms with E-state index in [-0.39, 0.29) is 0 Å². The molecule has 1 aliphatic carbocycles. The Morgan fingerprint density at radius 3 is 2.86 bits per heavy atom. The maximum absolute atomic E-state index is 4.56. The predicted molar refractivity (Wildman–Crippen MR) is 57.5 cm³/mol. The summed E-state index contributed by atoms with van der Waals surface area (Å²) in [7, 11) is 0. The molecule has 0 atom stereocenters. The molecule has 1 saturated carbocycles. The number of rotatable bonds is 3. The highest BCUT2D eigenvalue weighted by Crippen LogP contribution is 2.36. The highest BCUT2D eigenvalue weighted by Gasteiger charge is 2.22. The SMILES string of the molecule is CCNc1ncc(C)c(C2CCC2)n1. The molecule has 1 heterocycles. The van der Waals surface area contributed by atoms with Crippen molar-refractivity contribution < 1.29 is 0 Å². The van der Waals surface area contributed by atoms with E-state index in [1.807, 2.05) is 6.20 Å². The molecule has 1 fully saturated rings. The van der Waals surface area contributed by atoms with Crippen molar-refractivity contribution in [2.24, 2.45) is 0 Å². The van der Waals surface area contributed by atoms with E-state index in [0.29, 0.717) is 5.92 Å². The molecule has 1 N–H and O–H groups in total. The Balaban J connectivity index is 2.22. The van der Waals surface area contributed by atoms with Gasteiger partial charge in [0.15, 0.2) is 0 Å². The second-order valence-corrected chi connectivity index (χ2v) is 3.92. The molecule has 3 nitrogen and oxygen atoms in total. The van der Waals surface area contributed by atoms with Crippen LogP contribution in [-0.4, -0.2) is 16.5 Å². The third-order valence-corrected chi connectivity index (χ3v) is 2.84. The summed E-state index contributed by atoms with van der Waals surface area (Å²) in [4.78, 5) is 8.81. The molecule has 0 saturated heterocycles. The summed E-state index contributed by atoms with van der Waals surface area (Å²) in [6.07, 6.45) is 5.87. The summed E-state index contributed by atoms with van der Waals surface area (Å²) >= 11 is 0. The van der Waals surface area contributed by atoms with Crippen LogP contribution in [0.5, 0.6) is 0 Å². The zero-order chi connectivity index (χ0) is 9.97. The summed E-state index contributed by atoms with van der Waals surface area (Å²) < 4.78 is 0. The minimum Gasteiger partial charge on any atom is -0.354 e. The van der Waals surface area contributed by atoms with Crippen LogP contribution in [0.1, 0.15) is 43.4 Å². The zero-order valence-electron chi connectivity index (χ0n) is 8.88.